The van der Waals surface area contributed by atoms with Crippen molar-refractivity contribution >= 4 is 47.6 Å². The number of hydrogen-bond donors (Lipinski definition) is 2. The van der Waals surface area contributed by atoms with Crippen LogP contribution in [0.25, 0.3) is 0 Å². The van der Waals surface area contributed by atoms with Crippen molar-refractivity contribution in [2.24, 2.45) is 4.99 Å². The highest BCUT2D eigenvalue weighted by Crippen LogP contribution is 2.23. The average Bonchev–Trinajstić information content (AvgIpc) is 3.05. The van der Waals surface area contributed by atoms with Gasteiger partial charge in [-0.3, -0.25) is 9.79 Å². The van der Waals surface area contributed by atoms with Crippen molar-refractivity contribution in [2.45, 2.75) is 44.5 Å². The zero-order chi connectivity index (χ0) is 18.3. The van der Waals surface area contributed by atoms with Crippen molar-refractivity contribution in [3.05, 3.63) is 35.4 Å². The van der Waals surface area contributed by atoms with Crippen molar-refractivity contribution in [3.63, 3.8) is 0 Å². The Bertz CT molecular complexity index is 596. The fourth-order valence-electron chi connectivity index (χ4n) is 2.70. The second kappa shape index (κ2) is 11.0. The minimum absolute atomic E-state index is 0. The number of carbonyl (C=O) groups excluding carboxylic acids is 1. The normalized spacial score (nSPS) is 13.8. The zero-order valence-electron chi connectivity index (χ0n) is 16.2. The van der Waals surface area contributed by atoms with Gasteiger partial charge >= 0.3 is 0 Å². The minimum Gasteiger partial charge on any atom is -0.356 e. The number of nitrogens with zero attached hydrogens (tertiary/aromatic N) is 2. The SMILES string of the molecule is CN=C(NCCCC(=O)N1Cc2ccccc2C1)NCC(C)(C)SC.I. The molecule has 146 valence electrons. The van der Waals surface area contributed by atoms with E-state index in [4.69, 9.17) is 0 Å². The molecule has 1 aromatic rings. The van der Waals surface area contributed by atoms with Gasteiger partial charge in [0, 0.05) is 44.4 Å². The molecule has 26 heavy (non-hydrogen) atoms. The number of fused-ring (bicyclic) bond motifs is 1. The zero-order valence-corrected chi connectivity index (χ0v) is 19.3. The highest BCUT2D eigenvalue weighted by atomic mass is 127. The van der Waals surface area contributed by atoms with Crippen LogP contribution in [-0.4, -0.2) is 47.9 Å². The molecule has 1 amide bonds. The van der Waals surface area contributed by atoms with Crippen molar-refractivity contribution in [1.82, 2.24) is 15.5 Å². The van der Waals surface area contributed by atoms with Crippen LogP contribution in [0.3, 0.4) is 0 Å². The molecular weight excluding hydrogens is 459 g/mol. The molecule has 1 aliphatic rings. The van der Waals surface area contributed by atoms with E-state index in [-0.39, 0.29) is 34.6 Å². The van der Waals surface area contributed by atoms with Crippen LogP contribution in [0.2, 0.25) is 0 Å². The van der Waals surface area contributed by atoms with E-state index in [9.17, 15) is 4.79 Å². The van der Waals surface area contributed by atoms with Gasteiger partial charge in [0.25, 0.3) is 0 Å². The fourth-order valence-corrected chi connectivity index (χ4v) is 2.92. The Labute approximate surface area is 178 Å². The lowest BCUT2D eigenvalue weighted by atomic mass is 10.1. The summed E-state index contributed by atoms with van der Waals surface area (Å²) in [6.07, 6.45) is 3.48. The third-order valence-corrected chi connectivity index (χ3v) is 5.76. The largest absolute Gasteiger partial charge is 0.356 e. The molecule has 2 rings (SSSR count). The van der Waals surface area contributed by atoms with E-state index >= 15 is 0 Å². The first-order valence-corrected chi connectivity index (χ1v) is 10.0. The van der Waals surface area contributed by atoms with Gasteiger partial charge in [-0.05, 0) is 37.7 Å². The number of amides is 1. The molecule has 7 heteroatoms. The molecule has 0 spiro atoms. The standard InChI is InChI=1S/C19H30N4OS.HI/c1-19(2,25-4)14-22-18(20-3)21-11-7-10-17(24)23-12-15-8-5-6-9-16(15)13-23;/h5-6,8-9H,7,10-14H2,1-4H3,(H2,20,21,22);1H. The van der Waals surface area contributed by atoms with Crippen LogP contribution in [0.1, 0.15) is 37.8 Å². The molecule has 0 fully saturated rings. The summed E-state index contributed by atoms with van der Waals surface area (Å²) in [7, 11) is 1.77. The molecule has 0 aromatic heterocycles. The lowest BCUT2D eigenvalue weighted by Crippen LogP contribution is -2.43. The first-order valence-electron chi connectivity index (χ1n) is 8.79. The van der Waals surface area contributed by atoms with Crippen molar-refractivity contribution in [1.29, 1.82) is 0 Å². The molecule has 1 aromatic carbocycles. The van der Waals surface area contributed by atoms with Gasteiger partial charge in [-0.1, -0.05) is 24.3 Å². The molecule has 1 heterocycles. The van der Waals surface area contributed by atoms with Crippen LogP contribution < -0.4 is 10.6 Å². The number of aliphatic imine (C=N–C) groups is 1. The molecule has 0 bridgehead atoms. The average molecular weight is 490 g/mol. The number of nitrogens with one attached hydrogen (secondary N) is 2. The summed E-state index contributed by atoms with van der Waals surface area (Å²) in [5.74, 6) is 1.02. The molecule has 0 saturated heterocycles. The number of rotatable bonds is 7. The van der Waals surface area contributed by atoms with Gasteiger partial charge < -0.3 is 15.5 Å². The van der Waals surface area contributed by atoms with E-state index in [1.54, 1.807) is 7.05 Å². The lowest BCUT2D eigenvalue weighted by Gasteiger charge is -2.23. The number of hydrogen-bond acceptors (Lipinski definition) is 3. The highest BCUT2D eigenvalue weighted by Gasteiger charge is 2.22. The van der Waals surface area contributed by atoms with Gasteiger partial charge in [0.05, 0.1) is 0 Å². The molecule has 1 aliphatic heterocycles. The first-order chi connectivity index (χ1) is 11.9. The van der Waals surface area contributed by atoms with Gasteiger partial charge in [0.15, 0.2) is 5.96 Å². The maximum absolute atomic E-state index is 12.4. The molecule has 0 radical (unpaired) electrons. The van der Waals surface area contributed by atoms with Crippen molar-refractivity contribution < 1.29 is 4.79 Å². The van der Waals surface area contributed by atoms with Gasteiger partial charge in [0.1, 0.15) is 0 Å². The van der Waals surface area contributed by atoms with Crippen molar-refractivity contribution in [3.8, 4) is 0 Å². The van der Waals surface area contributed by atoms with Gasteiger partial charge in [0.2, 0.25) is 5.91 Å². The molecule has 0 aliphatic carbocycles. The van der Waals surface area contributed by atoms with Gasteiger partial charge in [-0.15, -0.1) is 24.0 Å². The number of halogens is 1. The van der Waals surface area contributed by atoms with Crippen LogP contribution in [-0.2, 0) is 17.9 Å². The highest BCUT2D eigenvalue weighted by molar-refractivity contribution is 14.0. The minimum atomic E-state index is 0. The summed E-state index contributed by atoms with van der Waals surface area (Å²) in [6.45, 7) is 7.48. The Balaban J connectivity index is 0.00000338. The van der Waals surface area contributed by atoms with Crippen LogP contribution in [0.5, 0.6) is 0 Å². The number of carbonyl (C=O) groups is 1. The summed E-state index contributed by atoms with van der Waals surface area (Å²) in [5.41, 5.74) is 2.55. The van der Waals surface area contributed by atoms with E-state index in [2.05, 4.69) is 47.9 Å². The summed E-state index contributed by atoms with van der Waals surface area (Å²) in [6, 6.07) is 8.28. The lowest BCUT2D eigenvalue weighted by molar-refractivity contribution is -0.131. The van der Waals surface area contributed by atoms with E-state index < -0.39 is 0 Å². The topological polar surface area (TPSA) is 56.7 Å². The molecular formula is C19H31IN4OS. The predicted molar refractivity (Wildman–Crippen MR) is 122 cm³/mol. The summed E-state index contributed by atoms with van der Waals surface area (Å²) in [4.78, 5) is 18.6. The van der Waals surface area contributed by atoms with E-state index in [0.29, 0.717) is 6.42 Å². The second-order valence-electron chi connectivity index (χ2n) is 6.94. The van der Waals surface area contributed by atoms with Gasteiger partial charge in [-0.25, -0.2) is 0 Å². The third kappa shape index (κ3) is 6.98. The van der Waals surface area contributed by atoms with Crippen LogP contribution >= 0.6 is 35.7 Å². The van der Waals surface area contributed by atoms with E-state index in [0.717, 1.165) is 38.6 Å². The van der Waals surface area contributed by atoms with E-state index in [1.807, 2.05) is 28.8 Å². The number of benzene rings is 1. The second-order valence-corrected chi connectivity index (χ2v) is 8.45. The monoisotopic (exact) mass is 490 g/mol. The summed E-state index contributed by atoms with van der Waals surface area (Å²) < 4.78 is 0.165. The predicted octanol–water partition coefficient (Wildman–Crippen LogP) is 3.23. The molecule has 0 unspecified atom stereocenters. The van der Waals surface area contributed by atoms with Gasteiger partial charge in [-0.2, -0.15) is 11.8 Å². The number of guanidine groups is 1. The van der Waals surface area contributed by atoms with Crippen LogP contribution in [0.15, 0.2) is 29.3 Å². The summed E-state index contributed by atoms with van der Waals surface area (Å²) in [5, 5.41) is 6.63. The molecule has 0 saturated carbocycles. The Hall–Kier alpha value is -0.960. The maximum Gasteiger partial charge on any atom is 0.223 e. The van der Waals surface area contributed by atoms with Crippen molar-refractivity contribution in [2.75, 3.05) is 26.4 Å². The smallest absolute Gasteiger partial charge is 0.223 e. The Morgan fingerprint density at radius 3 is 2.38 bits per heavy atom. The van der Waals surface area contributed by atoms with Crippen LogP contribution in [0, 0.1) is 0 Å². The Morgan fingerprint density at radius 1 is 1.23 bits per heavy atom. The first kappa shape index (κ1) is 23.1. The molecule has 5 nitrogen and oxygen atoms in total. The molecule has 0 atom stereocenters. The van der Waals surface area contributed by atoms with E-state index in [1.165, 1.54) is 11.1 Å². The Kier molecular flexibility index (Phi) is 9.78. The third-order valence-electron chi connectivity index (χ3n) is 4.51. The maximum atomic E-state index is 12.4. The summed E-state index contributed by atoms with van der Waals surface area (Å²) >= 11 is 1.83. The molecule has 2 N–H and O–H groups in total. The number of thioether (sulfide) groups is 1. The quantitative estimate of drug-likeness (QED) is 0.267. The Morgan fingerprint density at radius 2 is 1.85 bits per heavy atom. The van der Waals surface area contributed by atoms with Crippen LogP contribution in [0.4, 0.5) is 0 Å². The fraction of sp³-hybridized carbons (Fsp3) is 0.579.